The van der Waals surface area contributed by atoms with Gasteiger partial charge in [-0.3, -0.25) is 65.7 Å². The van der Waals surface area contributed by atoms with Gasteiger partial charge in [0, 0.05) is 19.3 Å². The van der Waals surface area contributed by atoms with Gasteiger partial charge < -0.3 is 56.1 Å². The molecule has 14 N–H and O–H groups in total. The van der Waals surface area contributed by atoms with Crippen LogP contribution in [-0.2, 0) is 50.5 Å². The van der Waals surface area contributed by atoms with Crippen LogP contribution in [0.5, 0.6) is 0 Å². The number of imidazole rings is 3. The number of phosphoric acid groups is 3. The highest BCUT2D eigenvalue weighted by atomic mass is 31.2. The Labute approximate surface area is 369 Å². The molecule has 0 aromatic carbocycles. The monoisotopic (exact) mass is 1010 g/mol. The van der Waals surface area contributed by atoms with Gasteiger partial charge in [0.1, 0.15) is 49.2 Å². The van der Waals surface area contributed by atoms with Crippen LogP contribution in [0.15, 0.2) is 33.4 Å². The van der Waals surface area contributed by atoms with Gasteiger partial charge in [-0.25, -0.2) is 28.6 Å². The molecule has 2 unspecified atom stereocenters. The van der Waals surface area contributed by atoms with E-state index in [1.165, 1.54) is 20.0 Å². The number of nitrogens with two attached hydrogens (primary N) is 3. The smallest absolute Gasteiger partial charge is 0.390 e. The van der Waals surface area contributed by atoms with Crippen LogP contribution < -0.4 is 33.9 Å². The third kappa shape index (κ3) is 9.82. The van der Waals surface area contributed by atoms with Crippen molar-refractivity contribution >= 4 is 74.8 Å². The summed E-state index contributed by atoms with van der Waals surface area (Å²) in [6.45, 7) is -2.51. The molecular formula is C30H38N15O19P3. The summed E-state index contributed by atoms with van der Waals surface area (Å²) in [5.41, 5.74) is 14.6. The standard InChI is InChI=1S/C30H38N15O19P3/c31-28-37-22-19(25(47)40-28)34-7-43(22)16-1-10(46)13(60-16)4-58-66(53,54)64-12-3-18(45-9-36-21-24(45)39-30(33)42-27(21)49)62-15(12)6-59-67(55,56)63-11-2-17(61-14(11)5-57-65(50,51)52)44-8-35-20-23(44)38-29(32)41-26(20)48/h7-18,46H,1-6H2,(H,53,54)(H,55,56)(H2,50,51,52)(H3,31,37,40,47)(H3,32,38,41,48)(H3,33,39,42,49)/t10-,11-,12-,13+,14+,15+,16+,17+,18+/m0/s1. The maximum atomic E-state index is 13.6. The van der Waals surface area contributed by atoms with Crippen LogP contribution >= 0.6 is 23.5 Å². The lowest BCUT2D eigenvalue weighted by molar-refractivity contribution is -0.0596. The van der Waals surface area contributed by atoms with Gasteiger partial charge in [0.2, 0.25) is 17.8 Å². The van der Waals surface area contributed by atoms with Crippen molar-refractivity contribution in [2.75, 3.05) is 37.0 Å². The number of aliphatic hydroxyl groups excluding tert-OH is 1. The molecule has 3 saturated heterocycles. The number of ether oxygens (including phenoxy) is 3. The number of aromatic amines is 3. The van der Waals surface area contributed by atoms with Gasteiger partial charge in [-0.05, 0) is 0 Å². The second kappa shape index (κ2) is 17.6. The number of nitrogen functional groups attached to an aromatic ring is 3. The van der Waals surface area contributed by atoms with E-state index in [4.69, 9.17) is 49.5 Å². The molecule has 0 radical (unpaired) electrons. The van der Waals surface area contributed by atoms with E-state index in [-0.39, 0.29) is 70.6 Å². The largest absolute Gasteiger partial charge is 0.472 e. The average molecular weight is 1010 g/mol. The first kappa shape index (κ1) is 46.7. The molecule has 9 rings (SSSR count). The topological polar surface area (TPSA) is 495 Å². The normalized spacial score (nSPS) is 27.6. The van der Waals surface area contributed by atoms with Gasteiger partial charge in [-0.1, -0.05) is 0 Å². The molecule has 3 fully saturated rings. The van der Waals surface area contributed by atoms with E-state index >= 15 is 0 Å². The molecule has 0 amide bonds. The molecule has 37 heteroatoms. The van der Waals surface area contributed by atoms with Crippen molar-refractivity contribution < 1.29 is 75.2 Å². The van der Waals surface area contributed by atoms with E-state index < -0.39 is 115 Å². The fourth-order valence-corrected chi connectivity index (χ4v) is 9.93. The molecule has 9 heterocycles. The summed E-state index contributed by atoms with van der Waals surface area (Å²) >= 11 is 0. The molecule has 67 heavy (non-hydrogen) atoms. The molecule has 0 spiro atoms. The highest BCUT2D eigenvalue weighted by molar-refractivity contribution is 7.47. The fraction of sp³-hybridized carbons (Fsp3) is 0.500. The Balaban J connectivity index is 0.907. The Kier molecular flexibility index (Phi) is 12.3. The van der Waals surface area contributed by atoms with E-state index in [0.717, 1.165) is 12.7 Å². The van der Waals surface area contributed by atoms with Gasteiger partial charge in [-0.15, -0.1) is 0 Å². The molecule has 34 nitrogen and oxygen atoms in total. The zero-order chi connectivity index (χ0) is 47.7. The number of anilines is 3. The van der Waals surface area contributed by atoms with E-state index in [0.29, 0.717) is 0 Å². The SMILES string of the molecule is Nc1nc2c(ncn2[C@H]2C[C@H](OP(=O)(O)OC[C@H]3O[C@@H](n4cnc5c(=O)[nH]c(N)nc54)C[C@@H]3OP(=O)(O)OC[C@H]3O[C@@H](n4cnc5c(=O)[nH]c(N)nc54)C[C@@H]3O)[C@@H](COP(=O)(O)O)O2)c(=O)[nH]1. The summed E-state index contributed by atoms with van der Waals surface area (Å²) in [6.07, 6.45) is -9.11. The van der Waals surface area contributed by atoms with Crippen molar-refractivity contribution in [3.8, 4) is 0 Å². The molecule has 362 valence electrons. The minimum Gasteiger partial charge on any atom is -0.390 e. The Bertz CT molecular complexity index is 3190. The van der Waals surface area contributed by atoms with Crippen molar-refractivity contribution in [1.29, 1.82) is 0 Å². The number of hydrogen-bond acceptors (Lipinski definition) is 24. The average Bonchev–Trinajstić information content (AvgIpc) is 4.09. The fourth-order valence-electron chi connectivity index (χ4n) is 7.67. The minimum absolute atomic E-state index is 0.0475. The van der Waals surface area contributed by atoms with E-state index in [1.807, 2.05) is 0 Å². The maximum absolute atomic E-state index is 13.6. The van der Waals surface area contributed by atoms with Crippen molar-refractivity contribution in [1.82, 2.24) is 58.6 Å². The van der Waals surface area contributed by atoms with Crippen molar-refractivity contribution in [3.63, 3.8) is 0 Å². The van der Waals surface area contributed by atoms with Crippen LogP contribution in [0.3, 0.4) is 0 Å². The highest BCUT2D eigenvalue weighted by Crippen LogP contribution is 2.52. The van der Waals surface area contributed by atoms with Gasteiger partial charge in [0.05, 0.1) is 44.9 Å². The third-order valence-electron chi connectivity index (χ3n) is 10.6. The van der Waals surface area contributed by atoms with Gasteiger partial charge in [0.25, 0.3) is 16.7 Å². The number of H-pyrrole nitrogens is 3. The lowest BCUT2D eigenvalue weighted by Gasteiger charge is -2.24. The highest BCUT2D eigenvalue weighted by Gasteiger charge is 2.47. The third-order valence-corrected chi connectivity index (χ3v) is 13.1. The number of fused-ring (bicyclic) bond motifs is 3. The first-order valence-electron chi connectivity index (χ1n) is 19.4. The number of aromatic nitrogens is 12. The predicted molar refractivity (Wildman–Crippen MR) is 219 cm³/mol. The van der Waals surface area contributed by atoms with Crippen LogP contribution in [-0.4, -0.2) is 140 Å². The summed E-state index contributed by atoms with van der Waals surface area (Å²) in [7, 11) is -15.6. The summed E-state index contributed by atoms with van der Waals surface area (Å²) in [5, 5.41) is 10.8. The van der Waals surface area contributed by atoms with E-state index in [1.54, 1.807) is 0 Å². The van der Waals surface area contributed by atoms with E-state index in [2.05, 4.69) is 49.4 Å². The summed E-state index contributed by atoms with van der Waals surface area (Å²) in [5.74, 6) is -0.772. The van der Waals surface area contributed by atoms with Crippen LogP contribution in [0, 0.1) is 0 Å². The number of phosphoric ester groups is 3. The molecule has 3 aliphatic rings. The molecule has 11 atom stereocenters. The van der Waals surface area contributed by atoms with Crippen molar-refractivity contribution in [2.24, 2.45) is 0 Å². The quantitative estimate of drug-likeness (QED) is 0.0445. The Hall–Kier alpha value is -5.38. The molecule has 0 saturated carbocycles. The number of nitrogens with zero attached hydrogens (tertiary/aromatic N) is 9. The number of hydrogen-bond donors (Lipinski definition) is 11. The zero-order valence-corrected chi connectivity index (χ0v) is 36.4. The summed E-state index contributed by atoms with van der Waals surface area (Å²) in [6, 6.07) is 0. The minimum atomic E-state index is -5.27. The molecule has 0 bridgehead atoms. The molecule has 6 aromatic rings. The van der Waals surface area contributed by atoms with Crippen molar-refractivity contribution in [2.45, 2.75) is 74.6 Å². The molecule has 0 aliphatic carbocycles. The number of nitrogens with one attached hydrogen (secondary N) is 3. The lowest BCUT2D eigenvalue weighted by atomic mass is 10.2. The Morgan fingerprint density at radius 3 is 1.31 bits per heavy atom. The van der Waals surface area contributed by atoms with Crippen LogP contribution in [0.1, 0.15) is 37.9 Å². The second-order valence-corrected chi connectivity index (χ2v) is 19.1. The summed E-state index contributed by atoms with van der Waals surface area (Å²) < 4.78 is 86.4. The number of aliphatic hydroxyl groups is 1. The van der Waals surface area contributed by atoms with Gasteiger partial charge in [0.15, 0.2) is 33.5 Å². The Morgan fingerprint density at radius 2 is 0.925 bits per heavy atom. The zero-order valence-electron chi connectivity index (χ0n) is 33.7. The Morgan fingerprint density at radius 1 is 0.582 bits per heavy atom. The first-order chi connectivity index (χ1) is 31.6. The first-order valence-corrected chi connectivity index (χ1v) is 24.0. The van der Waals surface area contributed by atoms with Crippen LogP contribution in [0.25, 0.3) is 33.5 Å². The maximum Gasteiger partial charge on any atom is 0.472 e. The molecule has 6 aromatic heterocycles. The predicted octanol–water partition coefficient (Wildman–Crippen LogP) is -2.53. The van der Waals surface area contributed by atoms with Crippen LogP contribution in [0.4, 0.5) is 17.8 Å². The second-order valence-electron chi connectivity index (χ2n) is 15.1. The number of rotatable bonds is 16. The molecular weight excluding hydrogens is 967 g/mol. The van der Waals surface area contributed by atoms with Crippen molar-refractivity contribution in [3.05, 3.63) is 50.0 Å². The van der Waals surface area contributed by atoms with Gasteiger partial charge >= 0.3 is 23.5 Å². The summed E-state index contributed by atoms with van der Waals surface area (Å²) in [4.78, 5) is 109. The van der Waals surface area contributed by atoms with Gasteiger partial charge in [-0.2, -0.15) is 15.0 Å². The van der Waals surface area contributed by atoms with E-state index in [9.17, 15) is 52.8 Å². The van der Waals surface area contributed by atoms with Crippen LogP contribution in [0.2, 0.25) is 0 Å². The lowest BCUT2D eigenvalue weighted by Crippen LogP contribution is -2.31. The molecule has 3 aliphatic heterocycles.